The molecule has 0 aromatic carbocycles. The van der Waals surface area contributed by atoms with Crippen molar-refractivity contribution in [1.82, 2.24) is 4.90 Å². The van der Waals surface area contributed by atoms with Gasteiger partial charge in [-0.05, 0) is 19.4 Å². The molecular formula is C8H17NO2. The monoisotopic (exact) mass is 159 g/mol. The van der Waals surface area contributed by atoms with E-state index < -0.39 is 0 Å². The van der Waals surface area contributed by atoms with Crippen molar-refractivity contribution in [1.29, 1.82) is 0 Å². The molecule has 11 heavy (non-hydrogen) atoms. The van der Waals surface area contributed by atoms with Gasteiger partial charge in [0.15, 0.2) is 0 Å². The number of aliphatic hydroxyl groups is 2. The summed E-state index contributed by atoms with van der Waals surface area (Å²) in [6.45, 7) is 3.80. The van der Waals surface area contributed by atoms with Crippen molar-refractivity contribution in [2.24, 2.45) is 5.92 Å². The second-order valence-electron chi connectivity index (χ2n) is 3.24. The fraction of sp³-hybridized carbons (Fsp3) is 1.00. The van der Waals surface area contributed by atoms with Gasteiger partial charge in [0.05, 0.1) is 0 Å². The molecule has 1 fully saturated rings. The van der Waals surface area contributed by atoms with Crippen molar-refractivity contribution in [2.75, 3.05) is 32.8 Å². The molecule has 0 amide bonds. The molecule has 0 saturated carbocycles. The summed E-state index contributed by atoms with van der Waals surface area (Å²) in [4.78, 5) is 2.32. The number of likely N-dealkylation sites (tertiary alicyclic amines) is 1. The summed E-state index contributed by atoms with van der Waals surface area (Å²) in [5.74, 6) is 0.518. The molecule has 1 rings (SSSR count). The van der Waals surface area contributed by atoms with Crippen LogP contribution < -0.4 is 0 Å². The Labute approximate surface area is 67.6 Å². The molecule has 1 aliphatic heterocycles. The van der Waals surface area contributed by atoms with Crippen LogP contribution in [-0.2, 0) is 0 Å². The number of rotatable bonds is 5. The van der Waals surface area contributed by atoms with E-state index in [1.807, 2.05) is 0 Å². The highest BCUT2D eigenvalue weighted by Crippen LogP contribution is 2.14. The molecule has 0 bridgehead atoms. The zero-order valence-corrected chi connectivity index (χ0v) is 6.87. The first-order chi connectivity index (χ1) is 5.36. The largest absolute Gasteiger partial charge is 0.396 e. The van der Waals surface area contributed by atoms with E-state index in [2.05, 4.69) is 4.90 Å². The van der Waals surface area contributed by atoms with Crippen molar-refractivity contribution in [3.63, 3.8) is 0 Å². The van der Waals surface area contributed by atoms with Gasteiger partial charge in [0.2, 0.25) is 0 Å². The molecule has 0 atom stereocenters. The van der Waals surface area contributed by atoms with Gasteiger partial charge in [-0.2, -0.15) is 0 Å². The second kappa shape index (κ2) is 4.70. The summed E-state index contributed by atoms with van der Waals surface area (Å²) < 4.78 is 0. The minimum atomic E-state index is 0.303. The SMILES string of the molecule is OCCCCN1CC(CO)C1. The van der Waals surface area contributed by atoms with Gasteiger partial charge in [0.25, 0.3) is 0 Å². The summed E-state index contributed by atoms with van der Waals surface area (Å²) in [5.41, 5.74) is 0. The Morgan fingerprint density at radius 1 is 1.18 bits per heavy atom. The van der Waals surface area contributed by atoms with Crippen molar-refractivity contribution < 1.29 is 10.2 Å². The van der Waals surface area contributed by atoms with Crippen LogP contribution in [0.5, 0.6) is 0 Å². The number of aliphatic hydroxyl groups excluding tert-OH is 2. The molecule has 0 unspecified atom stereocenters. The first-order valence-electron chi connectivity index (χ1n) is 4.31. The summed E-state index contributed by atoms with van der Waals surface area (Å²) in [7, 11) is 0. The Kier molecular flexibility index (Phi) is 3.83. The van der Waals surface area contributed by atoms with Gasteiger partial charge in [0.1, 0.15) is 0 Å². The van der Waals surface area contributed by atoms with E-state index in [-0.39, 0.29) is 0 Å². The Balaban J connectivity index is 1.88. The second-order valence-corrected chi connectivity index (χ2v) is 3.24. The summed E-state index contributed by atoms with van der Waals surface area (Å²) in [5, 5.41) is 17.2. The highest BCUT2D eigenvalue weighted by Gasteiger charge is 2.24. The molecule has 66 valence electrons. The van der Waals surface area contributed by atoms with Crippen LogP contribution in [-0.4, -0.2) is 48.0 Å². The van der Waals surface area contributed by atoms with Crippen LogP contribution in [0.4, 0.5) is 0 Å². The average molecular weight is 159 g/mol. The van der Waals surface area contributed by atoms with E-state index in [1.54, 1.807) is 0 Å². The van der Waals surface area contributed by atoms with Gasteiger partial charge in [-0.1, -0.05) is 0 Å². The van der Waals surface area contributed by atoms with Crippen LogP contribution in [0.2, 0.25) is 0 Å². The third kappa shape index (κ3) is 2.77. The summed E-state index contributed by atoms with van der Waals surface area (Å²) >= 11 is 0. The minimum Gasteiger partial charge on any atom is -0.396 e. The highest BCUT2D eigenvalue weighted by molar-refractivity contribution is 4.78. The van der Waals surface area contributed by atoms with Crippen molar-refractivity contribution >= 4 is 0 Å². The van der Waals surface area contributed by atoms with E-state index >= 15 is 0 Å². The number of hydrogen-bond acceptors (Lipinski definition) is 3. The zero-order chi connectivity index (χ0) is 8.10. The topological polar surface area (TPSA) is 43.7 Å². The Morgan fingerprint density at radius 3 is 2.45 bits per heavy atom. The lowest BCUT2D eigenvalue weighted by Crippen LogP contribution is -2.48. The Hall–Kier alpha value is -0.120. The predicted octanol–water partition coefficient (Wildman–Crippen LogP) is -0.317. The van der Waals surface area contributed by atoms with Gasteiger partial charge in [0, 0.05) is 32.2 Å². The fourth-order valence-corrected chi connectivity index (χ4v) is 1.42. The number of unbranched alkanes of at least 4 members (excludes halogenated alkanes) is 1. The Morgan fingerprint density at radius 2 is 1.91 bits per heavy atom. The molecule has 0 aromatic rings. The molecule has 3 heteroatoms. The quantitative estimate of drug-likeness (QED) is 0.540. The maximum absolute atomic E-state index is 8.71. The normalized spacial score (nSPS) is 20.2. The Bertz CT molecular complexity index is 102. The minimum absolute atomic E-state index is 0.303. The van der Waals surface area contributed by atoms with Crippen molar-refractivity contribution in [3.05, 3.63) is 0 Å². The third-order valence-electron chi connectivity index (χ3n) is 2.17. The van der Waals surface area contributed by atoms with Gasteiger partial charge in [-0.15, -0.1) is 0 Å². The van der Waals surface area contributed by atoms with Crippen LogP contribution in [0.3, 0.4) is 0 Å². The molecule has 1 saturated heterocycles. The molecule has 1 aliphatic rings. The smallest absolute Gasteiger partial charge is 0.0483 e. The predicted molar refractivity (Wildman–Crippen MR) is 43.3 cm³/mol. The molecule has 3 nitrogen and oxygen atoms in total. The first kappa shape index (κ1) is 8.97. The van der Waals surface area contributed by atoms with Crippen LogP contribution in [0.1, 0.15) is 12.8 Å². The average Bonchev–Trinajstić information content (AvgIpc) is 1.94. The summed E-state index contributed by atoms with van der Waals surface area (Å²) in [6.07, 6.45) is 1.98. The van der Waals surface area contributed by atoms with Crippen LogP contribution in [0, 0.1) is 5.92 Å². The maximum Gasteiger partial charge on any atom is 0.0483 e. The van der Waals surface area contributed by atoms with Crippen LogP contribution >= 0.6 is 0 Å². The number of hydrogen-bond donors (Lipinski definition) is 2. The van der Waals surface area contributed by atoms with Crippen LogP contribution in [0.15, 0.2) is 0 Å². The highest BCUT2D eigenvalue weighted by atomic mass is 16.3. The number of nitrogens with zero attached hydrogens (tertiary/aromatic N) is 1. The van der Waals surface area contributed by atoms with Gasteiger partial charge < -0.3 is 15.1 Å². The first-order valence-corrected chi connectivity index (χ1v) is 4.31. The molecule has 0 aromatic heterocycles. The molecule has 2 N–H and O–H groups in total. The standard InChI is InChI=1S/C8H17NO2/c10-4-2-1-3-9-5-8(6-9)7-11/h8,10-11H,1-7H2. The zero-order valence-electron chi connectivity index (χ0n) is 6.87. The lowest BCUT2D eigenvalue weighted by Gasteiger charge is -2.38. The van der Waals surface area contributed by atoms with Gasteiger partial charge in [-0.25, -0.2) is 0 Å². The van der Waals surface area contributed by atoms with E-state index in [4.69, 9.17) is 10.2 Å². The van der Waals surface area contributed by atoms with E-state index in [1.165, 1.54) is 0 Å². The van der Waals surface area contributed by atoms with E-state index in [0.29, 0.717) is 19.1 Å². The lowest BCUT2D eigenvalue weighted by atomic mass is 10.0. The lowest BCUT2D eigenvalue weighted by molar-refractivity contribution is 0.0518. The van der Waals surface area contributed by atoms with Gasteiger partial charge in [-0.3, -0.25) is 0 Å². The van der Waals surface area contributed by atoms with Crippen LogP contribution in [0.25, 0.3) is 0 Å². The molecule has 0 radical (unpaired) electrons. The summed E-state index contributed by atoms with van der Waals surface area (Å²) in [6, 6.07) is 0. The molecule has 0 spiro atoms. The fourth-order valence-electron chi connectivity index (χ4n) is 1.42. The van der Waals surface area contributed by atoms with E-state index in [9.17, 15) is 0 Å². The van der Waals surface area contributed by atoms with Gasteiger partial charge >= 0.3 is 0 Å². The maximum atomic E-state index is 8.71. The third-order valence-corrected chi connectivity index (χ3v) is 2.17. The van der Waals surface area contributed by atoms with Crippen molar-refractivity contribution in [2.45, 2.75) is 12.8 Å². The molecular weight excluding hydrogens is 142 g/mol. The van der Waals surface area contributed by atoms with Crippen molar-refractivity contribution in [3.8, 4) is 0 Å². The molecule has 1 heterocycles. The molecule has 0 aliphatic carbocycles. The van der Waals surface area contributed by atoms with E-state index in [0.717, 1.165) is 32.5 Å².